The minimum Gasteiger partial charge on any atom is -0.393 e. The second-order valence-electron chi connectivity index (χ2n) is 6.09. The molecule has 0 aromatic carbocycles. The predicted molar refractivity (Wildman–Crippen MR) is 65.4 cm³/mol. The van der Waals surface area contributed by atoms with Gasteiger partial charge in [0.05, 0.1) is 17.8 Å². The number of rotatable bonds is 2. The molecular formula is C13H24O4. The zero-order valence-corrected chi connectivity index (χ0v) is 11.0. The SMILES string of the molecule is C[C@@H](O)C=C[C@@]1(O)C(C)(C)C[C@H](O)C[C@@]1(C)O. The Hall–Kier alpha value is -0.420. The van der Waals surface area contributed by atoms with Gasteiger partial charge < -0.3 is 20.4 Å². The maximum Gasteiger partial charge on any atom is 0.116 e. The molecule has 4 atom stereocenters. The molecule has 0 aromatic heterocycles. The number of aliphatic hydroxyl groups excluding tert-OH is 2. The summed E-state index contributed by atoms with van der Waals surface area (Å²) in [7, 11) is 0. The van der Waals surface area contributed by atoms with Crippen LogP contribution in [-0.2, 0) is 0 Å². The molecule has 0 radical (unpaired) electrons. The van der Waals surface area contributed by atoms with Crippen molar-refractivity contribution in [2.24, 2.45) is 5.41 Å². The molecule has 0 aromatic rings. The van der Waals surface area contributed by atoms with Crippen LogP contribution in [0.2, 0.25) is 0 Å². The summed E-state index contributed by atoms with van der Waals surface area (Å²) in [5.41, 5.74) is -3.55. The molecule has 0 heterocycles. The molecule has 1 saturated carbocycles. The van der Waals surface area contributed by atoms with Gasteiger partial charge in [0.1, 0.15) is 5.60 Å². The quantitative estimate of drug-likeness (QED) is 0.536. The fourth-order valence-electron chi connectivity index (χ4n) is 2.84. The Kier molecular flexibility index (Phi) is 3.75. The van der Waals surface area contributed by atoms with Gasteiger partial charge >= 0.3 is 0 Å². The van der Waals surface area contributed by atoms with Crippen LogP contribution >= 0.6 is 0 Å². The molecule has 4 heteroatoms. The van der Waals surface area contributed by atoms with Crippen molar-refractivity contribution in [2.75, 3.05) is 0 Å². The van der Waals surface area contributed by atoms with Crippen LogP contribution < -0.4 is 0 Å². The second kappa shape index (κ2) is 4.35. The maximum absolute atomic E-state index is 10.7. The molecule has 0 aliphatic heterocycles. The van der Waals surface area contributed by atoms with E-state index in [2.05, 4.69) is 0 Å². The first-order chi connectivity index (χ1) is 7.52. The molecule has 17 heavy (non-hydrogen) atoms. The summed E-state index contributed by atoms with van der Waals surface area (Å²) in [6.07, 6.45) is 2.15. The third kappa shape index (κ3) is 2.55. The van der Waals surface area contributed by atoms with Crippen LogP contribution in [0.5, 0.6) is 0 Å². The van der Waals surface area contributed by atoms with E-state index in [0.717, 1.165) is 0 Å². The highest BCUT2D eigenvalue weighted by atomic mass is 16.4. The molecule has 0 amide bonds. The third-order valence-corrected chi connectivity index (χ3v) is 3.85. The fraction of sp³-hybridized carbons (Fsp3) is 0.846. The van der Waals surface area contributed by atoms with Gasteiger partial charge in [-0.25, -0.2) is 0 Å². The minimum atomic E-state index is -1.46. The Morgan fingerprint density at radius 1 is 1.18 bits per heavy atom. The summed E-state index contributed by atoms with van der Waals surface area (Å²) in [5, 5.41) is 40.1. The first kappa shape index (κ1) is 14.6. The predicted octanol–water partition coefficient (Wildman–Crippen LogP) is 0.586. The van der Waals surface area contributed by atoms with Crippen LogP contribution in [0.3, 0.4) is 0 Å². The summed E-state index contributed by atoms with van der Waals surface area (Å²) >= 11 is 0. The molecular weight excluding hydrogens is 220 g/mol. The van der Waals surface area contributed by atoms with E-state index in [0.29, 0.717) is 6.42 Å². The van der Waals surface area contributed by atoms with Gasteiger partial charge in [0.2, 0.25) is 0 Å². The van der Waals surface area contributed by atoms with E-state index < -0.39 is 28.8 Å². The van der Waals surface area contributed by atoms with E-state index in [9.17, 15) is 20.4 Å². The van der Waals surface area contributed by atoms with Crippen molar-refractivity contribution in [3.63, 3.8) is 0 Å². The largest absolute Gasteiger partial charge is 0.393 e. The van der Waals surface area contributed by atoms with Gasteiger partial charge in [-0.05, 0) is 20.3 Å². The van der Waals surface area contributed by atoms with Crippen molar-refractivity contribution in [3.8, 4) is 0 Å². The molecule has 1 rings (SSSR count). The van der Waals surface area contributed by atoms with Crippen molar-refractivity contribution >= 4 is 0 Å². The Morgan fingerprint density at radius 2 is 1.71 bits per heavy atom. The van der Waals surface area contributed by atoms with Gasteiger partial charge in [-0.2, -0.15) is 0 Å². The fourth-order valence-corrected chi connectivity index (χ4v) is 2.84. The summed E-state index contributed by atoms with van der Waals surface area (Å²) in [4.78, 5) is 0. The Balaban J connectivity index is 3.15. The van der Waals surface area contributed by atoms with E-state index in [-0.39, 0.29) is 6.42 Å². The van der Waals surface area contributed by atoms with E-state index in [1.54, 1.807) is 20.8 Å². The molecule has 1 aliphatic carbocycles. The van der Waals surface area contributed by atoms with Gasteiger partial charge in [-0.1, -0.05) is 26.0 Å². The monoisotopic (exact) mass is 244 g/mol. The highest BCUT2D eigenvalue weighted by Gasteiger charge is 2.58. The normalized spacial score (nSPS) is 43.9. The number of hydrogen-bond acceptors (Lipinski definition) is 4. The van der Waals surface area contributed by atoms with E-state index in [1.807, 2.05) is 0 Å². The number of aliphatic hydroxyl groups is 4. The van der Waals surface area contributed by atoms with Crippen molar-refractivity contribution in [1.82, 2.24) is 0 Å². The standard InChI is InChI=1S/C13H24O4/c1-9(14)5-6-13(17)11(2,3)7-10(15)8-12(13,4)16/h5-6,9-10,14-17H,7-8H2,1-4H3/t9-,10+,12-,13-/m1/s1. The molecule has 1 fully saturated rings. The van der Waals surface area contributed by atoms with Gasteiger partial charge in [0, 0.05) is 11.8 Å². The lowest BCUT2D eigenvalue weighted by Crippen LogP contribution is -2.65. The van der Waals surface area contributed by atoms with E-state index >= 15 is 0 Å². The van der Waals surface area contributed by atoms with Gasteiger partial charge in [0.25, 0.3) is 0 Å². The molecule has 0 bridgehead atoms. The molecule has 1 aliphatic rings. The molecule has 4 nitrogen and oxygen atoms in total. The van der Waals surface area contributed by atoms with Crippen LogP contribution in [0.25, 0.3) is 0 Å². The first-order valence-corrected chi connectivity index (χ1v) is 6.02. The van der Waals surface area contributed by atoms with Crippen LogP contribution in [0.4, 0.5) is 0 Å². The Morgan fingerprint density at radius 3 is 2.12 bits per heavy atom. The molecule has 100 valence electrons. The molecule has 0 spiro atoms. The average molecular weight is 244 g/mol. The van der Waals surface area contributed by atoms with Crippen molar-refractivity contribution in [2.45, 2.75) is 63.9 Å². The molecule has 4 N–H and O–H groups in total. The van der Waals surface area contributed by atoms with Gasteiger partial charge in [0.15, 0.2) is 0 Å². The summed E-state index contributed by atoms with van der Waals surface area (Å²) in [6.45, 7) is 6.70. The zero-order valence-electron chi connectivity index (χ0n) is 11.0. The average Bonchev–Trinajstić information content (AvgIpc) is 2.09. The van der Waals surface area contributed by atoms with E-state index in [1.165, 1.54) is 19.1 Å². The Labute approximate surface area is 103 Å². The lowest BCUT2D eigenvalue weighted by molar-refractivity contribution is -0.217. The lowest BCUT2D eigenvalue weighted by Gasteiger charge is -2.54. The zero-order chi connectivity index (χ0) is 13.5. The summed E-state index contributed by atoms with van der Waals surface area (Å²) in [5.74, 6) is 0. The van der Waals surface area contributed by atoms with Crippen molar-refractivity contribution in [1.29, 1.82) is 0 Å². The topological polar surface area (TPSA) is 80.9 Å². The maximum atomic E-state index is 10.7. The first-order valence-electron chi connectivity index (χ1n) is 6.02. The lowest BCUT2D eigenvalue weighted by atomic mass is 9.57. The highest BCUT2D eigenvalue weighted by Crippen LogP contribution is 2.50. The second-order valence-corrected chi connectivity index (χ2v) is 6.09. The van der Waals surface area contributed by atoms with Crippen LogP contribution in [0, 0.1) is 5.41 Å². The Bertz CT molecular complexity index is 287. The highest BCUT2D eigenvalue weighted by molar-refractivity contribution is 5.21. The molecule has 0 saturated heterocycles. The summed E-state index contributed by atoms with van der Waals surface area (Å²) in [6, 6.07) is 0. The third-order valence-electron chi connectivity index (χ3n) is 3.85. The van der Waals surface area contributed by atoms with Crippen molar-refractivity contribution < 1.29 is 20.4 Å². The minimum absolute atomic E-state index is 0.122. The van der Waals surface area contributed by atoms with E-state index in [4.69, 9.17) is 0 Å². The van der Waals surface area contributed by atoms with Crippen molar-refractivity contribution in [3.05, 3.63) is 12.2 Å². The van der Waals surface area contributed by atoms with Crippen LogP contribution in [0.1, 0.15) is 40.5 Å². The molecule has 0 unspecified atom stereocenters. The van der Waals surface area contributed by atoms with Gasteiger partial charge in [-0.15, -0.1) is 0 Å². The van der Waals surface area contributed by atoms with Gasteiger partial charge in [-0.3, -0.25) is 0 Å². The number of hydrogen-bond donors (Lipinski definition) is 4. The van der Waals surface area contributed by atoms with Crippen LogP contribution in [0.15, 0.2) is 12.2 Å². The summed E-state index contributed by atoms with van der Waals surface area (Å²) < 4.78 is 0. The smallest absolute Gasteiger partial charge is 0.116 e. The van der Waals surface area contributed by atoms with Crippen LogP contribution in [-0.4, -0.2) is 43.8 Å².